The third kappa shape index (κ3) is 4.44. The maximum Gasteiger partial charge on any atom is 0.253 e. The minimum atomic E-state index is -0.162. The highest BCUT2D eigenvalue weighted by atomic mass is 32.1. The van der Waals surface area contributed by atoms with Gasteiger partial charge in [0.1, 0.15) is 6.61 Å². The van der Waals surface area contributed by atoms with Crippen molar-refractivity contribution in [2.24, 2.45) is 0 Å². The molecule has 6 nitrogen and oxygen atoms in total. The Morgan fingerprint density at radius 1 is 1.43 bits per heavy atom. The molecular weight excluding hydrogens is 314 g/mol. The highest BCUT2D eigenvalue weighted by Gasteiger charge is 2.15. The molecule has 1 amide bonds. The Balaban J connectivity index is 2.09. The molecule has 7 heteroatoms. The van der Waals surface area contributed by atoms with Crippen LogP contribution in [0.1, 0.15) is 22.5 Å². The molecular formula is C16H17N3O3S. The van der Waals surface area contributed by atoms with E-state index in [0.29, 0.717) is 36.6 Å². The van der Waals surface area contributed by atoms with Crippen molar-refractivity contribution < 1.29 is 14.3 Å². The average molecular weight is 331 g/mol. The summed E-state index contributed by atoms with van der Waals surface area (Å²) >= 11 is 1.51. The van der Waals surface area contributed by atoms with Gasteiger partial charge in [-0.05, 0) is 18.2 Å². The molecule has 1 aromatic heterocycles. The van der Waals surface area contributed by atoms with Gasteiger partial charge in [0.25, 0.3) is 5.91 Å². The van der Waals surface area contributed by atoms with Crippen LogP contribution in [0, 0.1) is 11.3 Å². The molecule has 0 bridgehead atoms. The first-order valence-electron chi connectivity index (χ1n) is 6.96. The predicted molar refractivity (Wildman–Crippen MR) is 86.6 cm³/mol. The maximum atomic E-state index is 12.3. The topological polar surface area (TPSA) is 75.5 Å². The second-order valence-electron chi connectivity index (χ2n) is 4.77. The second kappa shape index (κ2) is 8.15. The molecule has 120 valence electrons. The zero-order valence-electron chi connectivity index (χ0n) is 13.0. The monoisotopic (exact) mass is 331 g/mol. The van der Waals surface area contributed by atoms with Crippen molar-refractivity contribution in [3.05, 3.63) is 40.3 Å². The van der Waals surface area contributed by atoms with Crippen LogP contribution in [-0.2, 0) is 6.61 Å². The summed E-state index contributed by atoms with van der Waals surface area (Å²) in [6.45, 7) is 0.731. The molecule has 0 aliphatic rings. The molecule has 0 N–H and O–H groups in total. The van der Waals surface area contributed by atoms with Gasteiger partial charge in [-0.15, -0.1) is 11.3 Å². The minimum Gasteiger partial charge on any atom is -0.493 e. The van der Waals surface area contributed by atoms with Crippen LogP contribution in [0.15, 0.2) is 29.1 Å². The first kappa shape index (κ1) is 16.8. The summed E-state index contributed by atoms with van der Waals surface area (Å²) in [5.74, 6) is 0.876. The van der Waals surface area contributed by atoms with Gasteiger partial charge in [-0.3, -0.25) is 4.79 Å². The van der Waals surface area contributed by atoms with Crippen molar-refractivity contribution >= 4 is 17.2 Å². The summed E-state index contributed by atoms with van der Waals surface area (Å²) in [6, 6.07) is 7.05. The molecule has 0 radical (unpaired) electrons. The van der Waals surface area contributed by atoms with Gasteiger partial charge in [0, 0.05) is 24.5 Å². The van der Waals surface area contributed by atoms with E-state index < -0.39 is 0 Å². The number of benzene rings is 1. The highest BCUT2D eigenvalue weighted by molar-refractivity contribution is 7.07. The Kier molecular flexibility index (Phi) is 5.94. The van der Waals surface area contributed by atoms with Crippen molar-refractivity contribution in [3.8, 4) is 17.6 Å². The molecule has 0 atom stereocenters. The van der Waals surface area contributed by atoms with Gasteiger partial charge in [-0.2, -0.15) is 5.26 Å². The van der Waals surface area contributed by atoms with Crippen molar-refractivity contribution in [3.63, 3.8) is 0 Å². The van der Waals surface area contributed by atoms with E-state index in [4.69, 9.17) is 14.7 Å². The van der Waals surface area contributed by atoms with Crippen molar-refractivity contribution in [1.82, 2.24) is 9.88 Å². The molecule has 0 aliphatic carbocycles. The minimum absolute atomic E-state index is 0.162. The highest BCUT2D eigenvalue weighted by Crippen LogP contribution is 2.29. The average Bonchev–Trinajstić information content (AvgIpc) is 3.10. The summed E-state index contributed by atoms with van der Waals surface area (Å²) in [4.78, 5) is 17.9. The van der Waals surface area contributed by atoms with E-state index in [1.54, 1.807) is 30.8 Å². The lowest BCUT2D eigenvalue weighted by Crippen LogP contribution is -2.27. The van der Waals surface area contributed by atoms with E-state index in [-0.39, 0.29) is 5.91 Å². The van der Waals surface area contributed by atoms with Crippen molar-refractivity contribution in [1.29, 1.82) is 5.26 Å². The molecule has 0 fully saturated rings. The number of carbonyl (C=O) groups excluding carboxylic acids is 1. The van der Waals surface area contributed by atoms with Crippen LogP contribution in [0.4, 0.5) is 0 Å². The van der Waals surface area contributed by atoms with Crippen LogP contribution in [0.2, 0.25) is 0 Å². The number of methoxy groups -OCH3 is 1. The first-order valence-corrected chi connectivity index (χ1v) is 7.90. The number of aromatic nitrogens is 1. The molecule has 0 spiro atoms. The molecule has 0 aliphatic heterocycles. The molecule has 0 saturated heterocycles. The first-order chi connectivity index (χ1) is 11.2. The van der Waals surface area contributed by atoms with Crippen LogP contribution < -0.4 is 9.47 Å². The normalized spacial score (nSPS) is 9.96. The number of hydrogen-bond donors (Lipinski definition) is 0. The lowest BCUT2D eigenvalue weighted by atomic mass is 10.1. The van der Waals surface area contributed by atoms with Crippen LogP contribution in [-0.4, -0.2) is 36.5 Å². The van der Waals surface area contributed by atoms with Gasteiger partial charge < -0.3 is 14.4 Å². The summed E-state index contributed by atoms with van der Waals surface area (Å²) in [5, 5.41) is 10.5. The smallest absolute Gasteiger partial charge is 0.253 e. The van der Waals surface area contributed by atoms with Crippen LogP contribution in [0.5, 0.6) is 11.5 Å². The summed E-state index contributed by atoms with van der Waals surface area (Å²) in [7, 11) is 3.19. The number of nitrogens with zero attached hydrogens (tertiary/aromatic N) is 3. The molecule has 0 saturated carbocycles. The van der Waals surface area contributed by atoms with Gasteiger partial charge in [0.2, 0.25) is 0 Å². The third-order valence-electron chi connectivity index (χ3n) is 3.18. The number of ether oxygens (including phenoxy) is 2. The number of amides is 1. The number of carbonyl (C=O) groups is 1. The lowest BCUT2D eigenvalue weighted by Gasteiger charge is -2.17. The fourth-order valence-electron chi connectivity index (χ4n) is 1.92. The van der Waals surface area contributed by atoms with E-state index in [1.165, 1.54) is 23.3 Å². The van der Waals surface area contributed by atoms with E-state index >= 15 is 0 Å². The largest absolute Gasteiger partial charge is 0.493 e. The molecule has 1 heterocycles. The number of thiazole rings is 1. The van der Waals surface area contributed by atoms with Crippen LogP contribution >= 0.6 is 11.3 Å². The van der Waals surface area contributed by atoms with E-state index in [0.717, 1.165) is 5.69 Å². The standard InChI is InChI=1S/C16H17N3O3S/c1-19(7-3-6-17)16(20)12-4-5-14(15(8-12)21-2)22-9-13-10-23-11-18-13/h4-5,8,10-11H,3,7,9H2,1-2H3. The Hall–Kier alpha value is -2.59. The zero-order valence-corrected chi connectivity index (χ0v) is 13.8. The van der Waals surface area contributed by atoms with Gasteiger partial charge in [-0.25, -0.2) is 4.98 Å². The zero-order chi connectivity index (χ0) is 16.7. The number of hydrogen-bond acceptors (Lipinski definition) is 6. The third-order valence-corrected chi connectivity index (χ3v) is 3.81. The van der Waals surface area contributed by atoms with E-state index in [2.05, 4.69) is 4.98 Å². The SMILES string of the molecule is COc1cc(C(=O)N(C)CCC#N)ccc1OCc1cscn1. The van der Waals surface area contributed by atoms with Gasteiger partial charge >= 0.3 is 0 Å². The molecule has 1 aromatic carbocycles. The van der Waals surface area contributed by atoms with Gasteiger partial charge in [-0.1, -0.05) is 0 Å². The summed E-state index contributed by atoms with van der Waals surface area (Å²) in [5.41, 5.74) is 3.08. The Morgan fingerprint density at radius 3 is 2.91 bits per heavy atom. The van der Waals surface area contributed by atoms with Gasteiger partial charge in [0.15, 0.2) is 11.5 Å². The fraction of sp³-hybridized carbons (Fsp3) is 0.312. The maximum absolute atomic E-state index is 12.3. The van der Waals surface area contributed by atoms with Crippen LogP contribution in [0.3, 0.4) is 0 Å². The number of nitriles is 1. The van der Waals surface area contributed by atoms with E-state index in [1.807, 2.05) is 11.4 Å². The second-order valence-corrected chi connectivity index (χ2v) is 5.49. The molecule has 23 heavy (non-hydrogen) atoms. The Labute approximate surface area is 138 Å². The van der Waals surface area contributed by atoms with Crippen LogP contribution in [0.25, 0.3) is 0 Å². The molecule has 2 aromatic rings. The lowest BCUT2D eigenvalue weighted by molar-refractivity contribution is 0.0797. The quantitative estimate of drug-likeness (QED) is 0.780. The number of rotatable bonds is 7. The summed E-state index contributed by atoms with van der Waals surface area (Å²) < 4.78 is 11.0. The Bertz CT molecular complexity index is 695. The van der Waals surface area contributed by atoms with Crippen molar-refractivity contribution in [2.75, 3.05) is 20.7 Å². The predicted octanol–water partition coefficient (Wildman–Crippen LogP) is 2.72. The fourth-order valence-corrected chi connectivity index (χ4v) is 2.46. The Morgan fingerprint density at radius 2 is 2.26 bits per heavy atom. The summed E-state index contributed by atoms with van der Waals surface area (Å²) in [6.07, 6.45) is 0.300. The molecule has 0 unspecified atom stereocenters. The van der Waals surface area contributed by atoms with Gasteiger partial charge in [0.05, 0.1) is 30.8 Å². The molecule has 2 rings (SSSR count). The van der Waals surface area contributed by atoms with Crippen molar-refractivity contribution in [2.45, 2.75) is 13.0 Å². The van der Waals surface area contributed by atoms with E-state index in [9.17, 15) is 4.79 Å².